The van der Waals surface area contributed by atoms with Crippen LogP contribution in [0.2, 0.25) is 0 Å². The first-order valence-electron chi connectivity index (χ1n) is 8.69. The van der Waals surface area contributed by atoms with E-state index in [4.69, 9.17) is 18.9 Å². The van der Waals surface area contributed by atoms with Gasteiger partial charge in [0.15, 0.2) is 12.6 Å². The molecule has 5 nitrogen and oxygen atoms in total. The largest absolute Gasteiger partial charge is 0.390 e. The molecule has 0 bridgehead atoms. The second-order valence-corrected chi connectivity index (χ2v) is 9.28. The molecule has 0 amide bonds. The smallest absolute Gasteiger partial charge is 0.184 e. The summed E-state index contributed by atoms with van der Waals surface area (Å²) in [5.74, 6) is 2.11. The van der Waals surface area contributed by atoms with Gasteiger partial charge in [0, 0.05) is 12.7 Å². The first-order valence-corrected chi connectivity index (χ1v) is 10.8. The minimum atomic E-state index is -0.637. The van der Waals surface area contributed by atoms with Crippen LogP contribution in [-0.2, 0) is 18.9 Å². The maximum Gasteiger partial charge on any atom is 0.184 e. The van der Waals surface area contributed by atoms with Crippen molar-refractivity contribution in [2.75, 3.05) is 25.2 Å². The van der Waals surface area contributed by atoms with E-state index in [9.17, 15) is 5.11 Å². The van der Waals surface area contributed by atoms with Crippen LogP contribution in [0.1, 0.15) is 18.3 Å². The molecule has 3 saturated heterocycles. The molecule has 1 N–H and O–H groups in total. The van der Waals surface area contributed by atoms with E-state index in [-0.39, 0.29) is 16.6 Å². The van der Waals surface area contributed by atoms with E-state index in [2.05, 4.69) is 0 Å². The van der Waals surface area contributed by atoms with Gasteiger partial charge in [0.2, 0.25) is 0 Å². The van der Waals surface area contributed by atoms with Crippen molar-refractivity contribution in [1.82, 2.24) is 0 Å². The molecule has 6 atom stereocenters. The average Bonchev–Trinajstić information content (AvgIpc) is 2.69. The molecule has 4 rings (SSSR count). The van der Waals surface area contributed by atoms with Crippen molar-refractivity contribution in [3.63, 3.8) is 0 Å². The van der Waals surface area contributed by atoms with E-state index in [1.165, 1.54) is 6.42 Å². The highest BCUT2D eigenvalue weighted by molar-refractivity contribution is 8.17. The number of hydrogen-bond donors (Lipinski definition) is 1. The van der Waals surface area contributed by atoms with Gasteiger partial charge in [0.1, 0.15) is 12.2 Å². The highest BCUT2D eigenvalue weighted by atomic mass is 32.2. The Bertz CT molecular complexity index is 554. The Balaban J connectivity index is 1.52. The lowest BCUT2D eigenvalue weighted by Gasteiger charge is -2.49. The van der Waals surface area contributed by atoms with Gasteiger partial charge in [-0.3, -0.25) is 0 Å². The van der Waals surface area contributed by atoms with Gasteiger partial charge in [-0.15, -0.1) is 23.5 Å². The van der Waals surface area contributed by atoms with Gasteiger partial charge in [-0.05, 0) is 17.9 Å². The van der Waals surface area contributed by atoms with Crippen LogP contribution in [0.5, 0.6) is 0 Å². The van der Waals surface area contributed by atoms with Gasteiger partial charge in [-0.1, -0.05) is 30.3 Å². The average molecular weight is 385 g/mol. The molecule has 3 fully saturated rings. The van der Waals surface area contributed by atoms with E-state index in [0.717, 1.165) is 17.1 Å². The predicted molar refractivity (Wildman–Crippen MR) is 98.5 cm³/mol. The van der Waals surface area contributed by atoms with Crippen LogP contribution in [0, 0.1) is 5.92 Å². The number of hydrogen-bond acceptors (Lipinski definition) is 7. The van der Waals surface area contributed by atoms with Crippen LogP contribution in [0.15, 0.2) is 30.3 Å². The minimum absolute atomic E-state index is 0.115. The predicted octanol–water partition coefficient (Wildman–Crippen LogP) is 2.65. The Hall–Kier alpha value is -0.280. The van der Waals surface area contributed by atoms with Crippen molar-refractivity contribution in [3.05, 3.63) is 35.9 Å². The zero-order valence-corrected chi connectivity index (χ0v) is 15.8. The fourth-order valence-corrected chi connectivity index (χ4v) is 6.88. The lowest BCUT2D eigenvalue weighted by molar-refractivity contribution is -0.349. The number of aliphatic hydroxyl groups excluding tert-OH is 1. The van der Waals surface area contributed by atoms with Crippen LogP contribution in [0.4, 0.5) is 0 Å². The standard InChI is InChI=1S/C18H24O5S2/c1-20-17-13(18-24-8-5-9-25-18)14(19)15-12(22-17)10-21-16(23-15)11-6-3-2-4-7-11/h2-4,6-7,12-19H,5,8-10H2,1H3/t12-,13+,14+,15-,16?,17+/m1/s1. The van der Waals surface area contributed by atoms with Gasteiger partial charge < -0.3 is 24.1 Å². The van der Waals surface area contributed by atoms with Crippen molar-refractivity contribution in [2.45, 2.75) is 41.9 Å². The normalized spacial score (nSPS) is 39.8. The summed E-state index contributed by atoms with van der Waals surface area (Å²) in [4.78, 5) is 0. The van der Waals surface area contributed by atoms with E-state index in [1.54, 1.807) is 7.11 Å². The summed E-state index contributed by atoms with van der Waals surface area (Å²) in [6.45, 7) is 0.388. The molecule has 1 aromatic rings. The van der Waals surface area contributed by atoms with Crippen LogP contribution in [0.3, 0.4) is 0 Å². The second kappa shape index (κ2) is 8.17. The summed E-state index contributed by atoms with van der Waals surface area (Å²) in [7, 11) is 1.64. The maximum atomic E-state index is 11.1. The molecule has 25 heavy (non-hydrogen) atoms. The minimum Gasteiger partial charge on any atom is -0.390 e. The Morgan fingerprint density at radius 2 is 1.88 bits per heavy atom. The summed E-state index contributed by atoms with van der Waals surface area (Å²) in [6.07, 6.45) is -1.04. The fourth-order valence-electron chi connectivity index (χ4n) is 3.62. The fraction of sp³-hybridized carbons (Fsp3) is 0.667. The highest BCUT2D eigenvalue weighted by Gasteiger charge is 2.52. The quantitative estimate of drug-likeness (QED) is 0.860. The van der Waals surface area contributed by atoms with Crippen LogP contribution in [0.25, 0.3) is 0 Å². The lowest BCUT2D eigenvalue weighted by Crippen LogP contribution is -2.61. The first kappa shape index (κ1) is 18.1. The zero-order chi connectivity index (χ0) is 17.2. The van der Waals surface area contributed by atoms with E-state index >= 15 is 0 Å². The van der Waals surface area contributed by atoms with E-state index in [0.29, 0.717) is 6.61 Å². The van der Waals surface area contributed by atoms with Gasteiger partial charge in [0.25, 0.3) is 0 Å². The van der Waals surface area contributed by atoms with Crippen molar-refractivity contribution < 1.29 is 24.1 Å². The van der Waals surface area contributed by atoms with Crippen LogP contribution < -0.4 is 0 Å². The Labute approximate surface area is 156 Å². The summed E-state index contributed by atoms with van der Waals surface area (Å²) in [5, 5.41) is 11.1. The van der Waals surface area contributed by atoms with Crippen molar-refractivity contribution in [1.29, 1.82) is 0 Å². The molecule has 3 aliphatic heterocycles. The Morgan fingerprint density at radius 3 is 2.60 bits per heavy atom. The molecule has 1 aromatic carbocycles. The topological polar surface area (TPSA) is 57.2 Å². The number of rotatable bonds is 3. The van der Waals surface area contributed by atoms with Gasteiger partial charge in [-0.2, -0.15) is 0 Å². The third-order valence-corrected chi connectivity index (χ3v) is 8.04. The molecule has 0 aromatic heterocycles. The second-order valence-electron chi connectivity index (χ2n) is 6.49. The number of benzene rings is 1. The molecule has 0 saturated carbocycles. The van der Waals surface area contributed by atoms with Crippen LogP contribution >= 0.6 is 23.5 Å². The molecular formula is C18H24O5S2. The van der Waals surface area contributed by atoms with Crippen molar-refractivity contribution in [3.8, 4) is 0 Å². The number of ether oxygens (including phenoxy) is 4. The maximum absolute atomic E-state index is 11.1. The molecule has 0 radical (unpaired) electrons. The molecule has 3 aliphatic rings. The SMILES string of the molecule is CO[C@H]1O[C@@H]2COC(c3ccccc3)O[C@H]2[C@@H](O)[C@@H]1C1SCCCS1. The number of methoxy groups -OCH3 is 1. The third kappa shape index (κ3) is 3.74. The van der Waals surface area contributed by atoms with E-state index in [1.807, 2.05) is 53.9 Å². The molecule has 0 aliphatic carbocycles. The third-order valence-electron chi connectivity index (χ3n) is 4.88. The Morgan fingerprint density at radius 1 is 1.12 bits per heavy atom. The van der Waals surface area contributed by atoms with Crippen molar-refractivity contribution >= 4 is 23.5 Å². The Kier molecular flexibility index (Phi) is 5.91. The summed E-state index contributed by atoms with van der Waals surface area (Å²) in [6, 6.07) is 9.83. The number of aliphatic hydroxyl groups is 1. The molecule has 138 valence electrons. The van der Waals surface area contributed by atoms with Gasteiger partial charge in [0.05, 0.1) is 23.2 Å². The lowest BCUT2D eigenvalue weighted by atomic mass is 9.91. The molecule has 7 heteroatoms. The summed E-state index contributed by atoms with van der Waals surface area (Å²) in [5.41, 5.74) is 0.958. The molecular weight excluding hydrogens is 360 g/mol. The monoisotopic (exact) mass is 384 g/mol. The molecule has 3 heterocycles. The number of fused-ring (bicyclic) bond motifs is 1. The van der Waals surface area contributed by atoms with Crippen molar-refractivity contribution in [2.24, 2.45) is 5.92 Å². The van der Waals surface area contributed by atoms with E-state index < -0.39 is 24.8 Å². The highest BCUT2D eigenvalue weighted by Crippen LogP contribution is 2.45. The first-order chi connectivity index (χ1) is 12.3. The molecule has 1 unspecified atom stereocenters. The zero-order valence-electron chi connectivity index (χ0n) is 14.2. The summed E-state index contributed by atoms with van der Waals surface area (Å²) >= 11 is 3.77. The number of thioether (sulfide) groups is 2. The van der Waals surface area contributed by atoms with Crippen LogP contribution in [-0.4, -0.2) is 59.5 Å². The molecule has 0 spiro atoms. The summed E-state index contributed by atoms with van der Waals surface area (Å²) < 4.78 is 23.9. The van der Waals surface area contributed by atoms with Gasteiger partial charge >= 0.3 is 0 Å². The van der Waals surface area contributed by atoms with Gasteiger partial charge in [-0.25, -0.2) is 0 Å².